The Balaban J connectivity index is 1.33. The van der Waals surface area contributed by atoms with Crippen molar-refractivity contribution in [2.45, 2.75) is 46.7 Å². The van der Waals surface area contributed by atoms with Crippen molar-refractivity contribution in [2.24, 2.45) is 11.8 Å². The first-order chi connectivity index (χ1) is 17.9. The van der Waals surface area contributed by atoms with Gasteiger partial charge in [0.05, 0.1) is 22.7 Å². The second kappa shape index (κ2) is 10.6. The summed E-state index contributed by atoms with van der Waals surface area (Å²) in [7, 11) is -0.318. The third kappa shape index (κ3) is 5.32. The van der Waals surface area contributed by atoms with Crippen molar-refractivity contribution in [3.8, 4) is 5.75 Å². The van der Waals surface area contributed by atoms with E-state index in [1.54, 1.807) is 19.1 Å². The van der Waals surface area contributed by atoms with E-state index in [1.165, 1.54) is 9.79 Å². The summed E-state index contributed by atoms with van der Waals surface area (Å²) in [6.45, 7) is 5.14. The summed E-state index contributed by atoms with van der Waals surface area (Å²) in [5.41, 5.74) is 0.246. The number of hydrogen-bond donors (Lipinski definition) is 0. The molecule has 1 aliphatic carbocycles. The molecule has 3 aromatic carbocycles. The molecule has 4 unspecified atom stereocenters. The average molecular weight is 516 g/mol. The highest BCUT2D eigenvalue weighted by Gasteiger charge is 2.53. The van der Waals surface area contributed by atoms with Crippen LogP contribution >= 0.6 is 0 Å². The number of fused-ring (bicyclic) bond motifs is 2. The summed E-state index contributed by atoms with van der Waals surface area (Å²) in [5, 5.41) is 0. The number of rotatable bonds is 7. The molecular weight excluding hydrogens is 488 g/mol. The maximum atomic E-state index is 13.1. The Kier molecular flexibility index (Phi) is 7.15. The van der Waals surface area contributed by atoms with Crippen molar-refractivity contribution < 1.29 is 28.6 Å². The summed E-state index contributed by atoms with van der Waals surface area (Å²) in [4.78, 5) is 41.0. The van der Waals surface area contributed by atoms with Crippen LogP contribution in [-0.4, -0.2) is 30.1 Å². The number of esters is 3. The molecule has 0 aromatic heterocycles. The normalized spacial score (nSPS) is 22.3. The van der Waals surface area contributed by atoms with Crippen LogP contribution in [0.3, 0.4) is 0 Å². The fraction of sp³-hybridized carbons (Fsp3) is 0.233. The summed E-state index contributed by atoms with van der Waals surface area (Å²) >= 11 is 0. The molecule has 1 heterocycles. The quantitative estimate of drug-likeness (QED) is 0.188. The lowest BCUT2D eigenvalue weighted by molar-refractivity contribution is -0.158. The van der Waals surface area contributed by atoms with Gasteiger partial charge in [-0.3, -0.25) is 9.59 Å². The van der Waals surface area contributed by atoms with E-state index in [-0.39, 0.29) is 22.9 Å². The lowest BCUT2D eigenvalue weighted by atomic mass is 9.78. The molecule has 4 atom stereocenters. The SMILES string of the molecule is C=C(C)C(=O)OC1CC(C(=O)Oc2ccc([S+](c3ccccc3)c3ccccc3)cc2)C2CC1OC2=O. The van der Waals surface area contributed by atoms with E-state index in [4.69, 9.17) is 14.2 Å². The predicted octanol–water partition coefficient (Wildman–Crippen LogP) is 5.13. The minimum absolute atomic E-state index is 0.169. The summed E-state index contributed by atoms with van der Waals surface area (Å²) in [5.74, 6) is -2.51. The Morgan fingerprint density at radius 3 is 2.00 bits per heavy atom. The van der Waals surface area contributed by atoms with Crippen molar-refractivity contribution in [3.63, 3.8) is 0 Å². The summed E-state index contributed by atoms with van der Waals surface area (Å²) in [6.07, 6.45) is -0.756. The summed E-state index contributed by atoms with van der Waals surface area (Å²) < 4.78 is 16.5. The van der Waals surface area contributed by atoms with Gasteiger partial charge in [-0.05, 0) is 55.5 Å². The fourth-order valence-electron chi connectivity index (χ4n) is 4.73. The lowest BCUT2D eigenvalue weighted by Gasteiger charge is -2.30. The van der Waals surface area contributed by atoms with E-state index in [0.717, 1.165) is 4.90 Å². The van der Waals surface area contributed by atoms with Crippen LogP contribution in [-0.2, 0) is 34.8 Å². The molecule has 5 rings (SSSR count). The molecule has 0 spiro atoms. The van der Waals surface area contributed by atoms with Crippen LogP contribution in [0.1, 0.15) is 19.8 Å². The minimum Gasteiger partial charge on any atom is -0.458 e. The van der Waals surface area contributed by atoms with Crippen molar-refractivity contribution in [1.82, 2.24) is 0 Å². The van der Waals surface area contributed by atoms with Gasteiger partial charge in [-0.1, -0.05) is 43.0 Å². The number of carbonyl (C=O) groups is 3. The van der Waals surface area contributed by atoms with Gasteiger partial charge in [0.25, 0.3) is 0 Å². The zero-order chi connectivity index (χ0) is 25.9. The molecule has 0 amide bonds. The summed E-state index contributed by atoms with van der Waals surface area (Å²) in [6, 6.07) is 28.0. The molecule has 6 nitrogen and oxygen atoms in total. The van der Waals surface area contributed by atoms with Gasteiger partial charge in [0.2, 0.25) is 0 Å². The molecule has 37 heavy (non-hydrogen) atoms. The molecule has 1 saturated heterocycles. The van der Waals surface area contributed by atoms with Gasteiger partial charge in [-0.2, -0.15) is 0 Å². The van der Waals surface area contributed by atoms with Crippen LogP contribution < -0.4 is 4.74 Å². The van der Waals surface area contributed by atoms with E-state index < -0.39 is 42.0 Å². The van der Waals surface area contributed by atoms with Crippen LogP contribution in [0.15, 0.2) is 112 Å². The van der Waals surface area contributed by atoms with Gasteiger partial charge >= 0.3 is 17.9 Å². The molecule has 1 saturated carbocycles. The number of benzene rings is 3. The van der Waals surface area contributed by atoms with Crippen molar-refractivity contribution in [3.05, 3.63) is 97.1 Å². The van der Waals surface area contributed by atoms with E-state index in [0.29, 0.717) is 12.2 Å². The largest absolute Gasteiger partial charge is 0.458 e. The van der Waals surface area contributed by atoms with Crippen molar-refractivity contribution >= 4 is 28.8 Å². The number of ether oxygens (including phenoxy) is 3. The van der Waals surface area contributed by atoms with Gasteiger partial charge in [-0.25, -0.2) is 4.79 Å². The third-order valence-electron chi connectivity index (χ3n) is 6.59. The minimum atomic E-state index is -0.753. The van der Waals surface area contributed by atoms with Crippen LogP contribution in [0.4, 0.5) is 0 Å². The lowest BCUT2D eigenvalue weighted by Crippen LogP contribution is -2.41. The predicted molar refractivity (Wildman–Crippen MR) is 138 cm³/mol. The number of hydrogen-bond acceptors (Lipinski definition) is 6. The van der Waals surface area contributed by atoms with Gasteiger partial charge in [0.15, 0.2) is 14.7 Å². The zero-order valence-electron chi connectivity index (χ0n) is 20.4. The first-order valence-electron chi connectivity index (χ1n) is 12.1. The average Bonchev–Trinajstić information content (AvgIpc) is 3.24. The third-order valence-corrected chi connectivity index (χ3v) is 8.82. The van der Waals surface area contributed by atoms with Crippen molar-refractivity contribution in [1.29, 1.82) is 0 Å². The second-order valence-corrected chi connectivity index (χ2v) is 11.2. The Hall–Kier alpha value is -3.84. The Morgan fingerprint density at radius 2 is 1.43 bits per heavy atom. The second-order valence-electron chi connectivity index (χ2n) is 9.21. The first kappa shape index (κ1) is 24.8. The van der Waals surface area contributed by atoms with Gasteiger partial charge in [0.1, 0.15) is 18.0 Å². The molecule has 2 fully saturated rings. The van der Waals surface area contributed by atoms with E-state index in [9.17, 15) is 14.4 Å². The monoisotopic (exact) mass is 515 g/mol. The molecule has 2 bridgehead atoms. The molecule has 0 N–H and O–H groups in total. The molecule has 1 aliphatic heterocycles. The first-order valence-corrected chi connectivity index (χ1v) is 13.4. The molecular formula is C30H27O6S+. The molecule has 2 aliphatic rings. The van der Waals surface area contributed by atoms with E-state index >= 15 is 0 Å². The highest BCUT2D eigenvalue weighted by atomic mass is 32.2. The Morgan fingerprint density at radius 1 is 0.865 bits per heavy atom. The highest BCUT2D eigenvalue weighted by Crippen LogP contribution is 2.41. The number of carbonyl (C=O) groups excluding carboxylic acids is 3. The zero-order valence-corrected chi connectivity index (χ0v) is 21.2. The van der Waals surface area contributed by atoms with Crippen LogP contribution in [0.2, 0.25) is 0 Å². The molecule has 7 heteroatoms. The van der Waals surface area contributed by atoms with E-state index in [2.05, 4.69) is 30.8 Å². The standard InChI is InChI=1S/C30H27O6S/c1-19(2)28(31)35-26-17-24(25-18-27(26)36-30(25)33)29(32)34-20-13-15-23(16-14-20)37(21-9-5-3-6-10-21)22-11-7-4-8-12-22/h3-16,24-27H,1,17-18H2,2H3/q+1. The maximum absolute atomic E-state index is 13.1. The molecule has 188 valence electrons. The Labute approximate surface area is 218 Å². The topological polar surface area (TPSA) is 78.9 Å². The molecule has 0 radical (unpaired) electrons. The molecule has 3 aromatic rings. The highest BCUT2D eigenvalue weighted by molar-refractivity contribution is 7.97. The van der Waals surface area contributed by atoms with E-state index in [1.807, 2.05) is 48.5 Å². The van der Waals surface area contributed by atoms with Gasteiger partial charge < -0.3 is 14.2 Å². The van der Waals surface area contributed by atoms with Crippen LogP contribution in [0.25, 0.3) is 0 Å². The van der Waals surface area contributed by atoms with Crippen molar-refractivity contribution in [2.75, 3.05) is 0 Å². The Bertz CT molecular complexity index is 1270. The fourth-order valence-corrected chi connectivity index (χ4v) is 6.82. The van der Waals surface area contributed by atoms with Gasteiger partial charge in [-0.15, -0.1) is 0 Å². The van der Waals surface area contributed by atoms with Crippen LogP contribution in [0, 0.1) is 11.8 Å². The maximum Gasteiger partial charge on any atom is 0.333 e. The van der Waals surface area contributed by atoms with Crippen LogP contribution in [0.5, 0.6) is 5.75 Å². The smallest absolute Gasteiger partial charge is 0.333 e. The van der Waals surface area contributed by atoms with Gasteiger partial charge in [0, 0.05) is 18.4 Å².